The van der Waals surface area contributed by atoms with Gasteiger partial charge in [-0.1, -0.05) is 12.8 Å². The Kier molecular flexibility index (Phi) is 4.59. The number of nitrogens with zero attached hydrogens (tertiary/aromatic N) is 1. The lowest BCUT2D eigenvalue weighted by atomic mass is 9.86. The molecule has 0 saturated heterocycles. The molecule has 1 saturated carbocycles. The average Bonchev–Trinajstić information content (AvgIpc) is 3.06. The van der Waals surface area contributed by atoms with Crippen molar-refractivity contribution in [3.8, 4) is 0 Å². The number of rotatable bonds is 6. The van der Waals surface area contributed by atoms with E-state index in [0.717, 1.165) is 25.7 Å². The number of hydrogen-bond acceptors (Lipinski definition) is 6. The third-order valence-electron chi connectivity index (χ3n) is 3.70. The Morgan fingerprint density at radius 1 is 1.55 bits per heavy atom. The lowest BCUT2D eigenvalue weighted by molar-refractivity contribution is -0.383. The molecule has 1 fully saturated rings. The lowest BCUT2D eigenvalue weighted by Crippen LogP contribution is -2.37. The van der Waals surface area contributed by atoms with Gasteiger partial charge in [0.15, 0.2) is 5.00 Å². The fraction of sp³-hybridized carbons (Fsp3) is 0.615. The van der Waals surface area contributed by atoms with Gasteiger partial charge in [-0.05, 0) is 25.1 Å². The highest BCUT2D eigenvalue weighted by Crippen LogP contribution is 2.40. The summed E-state index contributed by atoms with van der Waals surface area (Å²) in [4.78, 5) is 22.6. The maximum atomic E-state index is 12.2. The zero-order valence-electron chi connectivity index (χ0n) is 11.4. The third kappa shape index (κ3) is 2.92. The van der Waals surface area contributed by atoms with Gasteiger partial charge in [0.05, 0.1) is 16.9 Å². The first-order chi connectivity index (χ1) is 9.59. The molecule has 7 heteroatoms. The molecule has 1 aliphatic rings. The highest BCUT2D eigenvalue weighted by molar-refractivity contribution is 7.14. The quantitative estimate of drug-likeness (QED) is 0.495. The molecular weight excluding hydrogens is 280 g/mol. The number of hydrogen-bond donors (Lipinski definition) is 1. The van der Waals surface area contributed by atoms with E-state index >= 15 is 0 Å². The molecule has 0 aliphatic heterocycles. The number of anilines is 1. The van der Waals surface area contributed by atoms with Gasteiger partial charge < -0.3 is 10.1 Å². The number of esters is 1. The van der Waals surface area contributed by atoms with E-state index in [1.165, 1.54) is 17.4 Å². The SMILES string of the molecule is CCOC(=O)C1(CNc2sccc2[N+](=O)[O-])CCCC1. The predicted octanol–water partition coefficient (Wildman–Crippen LogP) is 3.19. The summed E-state index contributed by atoms with van der Waals surface area (Å²) in [5.41, 5.74) is -0.472. The summed E-state index contributed by atoms with van der Waals surface area (Å²) in [5, 5.41) is 16.1. The van der Waals surface area contributed by atoms with E-state index in [4.69, 9.17) is 4.74 Å². The summed E-state index contributed by atoms with van der Waals surface area (Å²) < 4.78 is 5.17. The molecule has 1 aromatic rings. The molecule has 1 aromatic heterocycles. The van der Waals surface area contributed by atoms with E-state index in [0.29, 0.717) is 18.2 Å². The van der Waals surface area contributed by atoms with Gasteiger partial charge in [-0.3, -0.25) is 14.9 Å². The number of carbonyl (C=O) groups excluding carboxylic acids is 1. The van der Waals surface area contributed by atoms with Crippen LogP contribution in [0, 0.1) is 15.5 Å². The van der Waals surface area contributed by atoms with Crippen LogP contribution in [0.5, 0.6) is 0 Å². The minimum Gasteiger partial charge on any atom is -0.466 e. The molecule has 1 aliphatic carbocycles. The Morgan fingerprint density at radius 2 is 2.25 bits per heavy atom. The maximum Gasteiger partial charge on any atom is 0.313 e. The van der Waals surface area contributed by atoms with Crippen LogP contribution in [-0.2, 0) is 9.53 Å². The van der Waals surface area contributed by atoms with Crippen LogP contribution in [0.1, 0.15) is 32.6 Å². The van der Waals surface area contributed by atoms with Crippen LogP contribution < -0.4 is 5.32 Å². The number of nitro groups is 1. The lowest BCUT2D eigenvalue weighted by Gasteiger charge is -2.26. The standard InChI is InChI=1S/C13H18N2O4S/c1-2-19-12(16)13(6-3-4-7-13)9-14-11-10(15(17)18)5-8-20-11/h5,8,14H,2-4,6-7,9H2,1H3. The van der Waals surface area contributed by atoms with Crippen LogP contribution in [0.4, 0.5) is 10.7 Å². The van der Waals surface area contributed by atoms with Gasteiger partial charge in [-0.15, -0.1) is 11.3 Å². The van der Waals surface area contributed by atoms with E-state index in [-0.39, 0.29) is 11.7 Å². The molecule has 110 valence electrons. The van der Waals surface area contributed by atoms with Crippen LogP contribution in [0.3, 0.4) is 0 Å². The van der Waals surface area contributed by atoms with Crippen molar-refractivity contribution in [2.45, 2.75) is 32.6 Å². The largest absolute Gasteiger partial charge is 0.466 e. The van der Waals surface area contributed by atoms with E-state index in [2.05, 4.69) is 5.32 Å². The van der Waals surface area contributed by atoms with Crippen LogP contribution in [-0.4, -0.2) is 24.0 Å². The van der Waals surface area contributed by atoms with Gasteiger partial charge in [-0.25, -0.2) is 0 Å². The predicted molar refractivity (Wildman–Crippen MR) is 77.0 cm³/mol. The van der Waals surface area contributed by atoms with Crippen molar-refractivity contribution in [3.05, 3.63) is 21.6 Å². The van der Waals surface area contributed by atoms with Crippen LogP contribution in [0.2, 0.25) is 0 Å². The number of ether oxygens (including phenoxy) is 1. The summed E-state index contributed by atoms with van der Waals surface area (Å²) in [6.07, 6.45) is 3.54. The Hall–Kier alpha value is -1.63. The van der Waals surface area contributed by atoms with Gasteiger partial charge in [0.2, 0.25) is 0 Å². The van der Waals surface area contributed by atoms with Crippen molar-refractivity contribution in [1.82, 2.24) is 0 Å². The topological polar surface area (TPSA) is 81.5 Å². The second kappa shape index (κ2) is 6.21. The van der Waals surface area contributed by atoms with Crippen molar-refractivity contribution in [2.24, 2.45) is 5.41 Å². The highest BCUT2D eigenvalue weighted by Gasteiger charge is 2.42. The van der Waals surface area contributed by atoms with Crippen LogP contribution in [0.25, 0.3) is 0 Å². The van der Waals surface area contributed by atoms with Crippen molar-refractivity contribution >= 4 is 28.0 Å². The monoisotopic (exact) mass is 298 g/mol. The van der Waals surface area contributed by atoms with Crippen molar-refractivity contribution in [1.29, 1.82) is 0 Å². The molecule has 0 aromatic carbocycles. The Bertz CT molecular complexity index is 494. The zero-order chi connectivity index (χ0) is 14.6. The Balaban J connectivity index is 2.08. The van der Waals surface area contributed by atoms with E-state index in [9.17, 15) is 14.9 Å². The van der Waals surface area contributed by atoms with E-state index < -0.39 is 10.3 Å². The van der Waals surface area contributed by atoms with E-state index in [1.807, 2.05) is 0 Å². The Morgan fingerprint density at radius 3 is 2.85 bits per heavy atom. The fourth-order valence-electron chi connectivity index (χ4n) is 2.62. The van der Waals surface area contributed by atoms with Crippen molar-refractivity contribution in [3.63, 3.8) is 0 Å². The van der Waals surface area contributed by atoms with E-state index in [1.54, 1.807) is 12.3 Å². The summed E-state index contributed by atoms with van der Waals surface area (Å²) in [6, 6.07) is 1.47. The molecule has 0 bridgehead atoms. The smallest absolute Gasteiger partial charge is 0.313 e. The normalized spacial score (nSPS) is 16.9. The van der Waals surface area contributed by atoms with Gasteiger partial charge in [0.1, 0.15) is 0 Å². The number of thiophene rings is 1. The second-order valence-corrected chi connectivity index (χ2v) is 5.87. The molecule has 2 rings (SSSR count). The number of carbonyl (C=O) groups is 1. The molecule has 6 nitrogen and oxygen atoms in total. The van der Waals surface area contributed by atoms with Gasteiger partial charge in [0, 0.05) is 12.6 Å². The maximum absolute atomic E-state index is 12.2. The molecule has 1 N–H and O–H groups in total. The molecule has 0 amide bonds. The van der Waals surface area contributed by atoms with Gasteiger partial charge in [-0.2, -0.15) is 0 Å². The minimum atomic E-state index is -0.534. The number of nitrogens with one attached hydrogen (secondary N) is 1. The second-order valence-electron chi connectivity index (χ2n) is 4.95. The third-order valence-corrected chi connectivity index (χ3v) is 4.56. The van der Waals surface area contributed by atoms with Crippen LogP contribution in [0.15, 0.2) is 11.4 Å². The summed E-state index contributed by atoms with van der Waals surface area (Å²) in [6.45, 7) is 2.55. The summed E-state index contributed by atoms with van der Waals surface area (Å²) in [5.74, 6) is -0.191. The highest BCUT2D eigenvalue weighted by atomic mass is 32.1. The Labute approximate surface area is 121 Å². The molecule has 0 atom stereocenters. The summed E-state index contributed by atoms with van der Waals surface area (Å²) >= 11 is 1.28. The molecular formula is C13H18N2O4S. The molecule has 0 unspecified atom stereocenters. The first-order valence-electron chi connectivity index (χ1n) is 6.72. The van der Waals surface area contributed by atoms with Crippen molar-refractivity contribution in [2.75, 3.05) is 18.5 Å². The van der Waals surface area contributed by atoms with Gasteiger partial charge >= 0.3 is 11.7 Å². The zero-order valence-corrected chi connectivity index (χ0v) is 12.2. The van der Waals surface area contributed by atoms with Gasteiger partial charge in [0.25, 0.3) is 0 Å². The van der Waals surface area contributed by atoms with Crippen molar-refractivity contribution < 1.29 is 14.5 Å². The first kappa shape index (κ1) is 14.8. The summed E-state index contributed by atoms with van der Waals surface area (Å²) in [7, 11) is 0. The average molecular weight is 298 g/mol. The molecule has 1 heterocycles. The molecule has 20 heavy (non-hydrogen) atoms. The fourth-order valence-corrected chi connectivity index (χ4v) is 3.37. The minimum absolute atomic E-state index is 0.0620. The molecule has 0 spiro atoms. The first-order valence-corrected chi connectivity index (χ1v) is 7.60. The molecule has 0 radical (unpaired) electrons. The van der Waals surface area contributed by atoms with Crippen LogP contribution >= 0.6 is 11.3 Å².